The summed E-state index contributed by atoms with van der Waals surface area (Å²) in [5, 5.41) is 0. The zero-order valence-corrected chi connectivity index (χ0v) is 17.1. The summed E-state index contributed by atoms with van der Waals surface area (Å²) in [4.78, 5) is 17.6. The Bertz CT molecular complexity index is 1120. The number of fused-ring (bicyclic) bond motifs is 1. The minimum Gasteiger partial charge on any atom is -0.489 e. The number of pyridine rings is 1. The van der Waals surface area contributed by atoms with Gasteiger partial charge in [-0.3, -0.25) is 0 Å². The molecular formula is C24H25N5O. The highest BCUT2D eigenvalue weighted by atomic mass is 16.5. The van der Waals surface area contributed by atoms with E-state index in [0.717, 1.165) is 65.9 Å². The van der Waals surface area contributed by atoms with Crippen molar-refractivity contribution in [3.63, 3.8) is 0 Å². The molecule has 0 saturated carbocycles. The molecule has 0 spiro atoms. The van der Waals surface area contributed by atoms with Crippen LogP contribution in [0.3, 0.4) is 0 Å². The first-order valence-corrected chi connectivity index (χ1v) is 10.3. The Labute approximate surface area is 176 Å². The Balaban J connectivity index is 1.30. The number of hydrogen-bond donors (Lipinski definition) is 1. The number of likely N-dealkylation sites (N-methyl/N-ethyl adjacent to an activating group) is 1. The van der Waals surface area contributed by atoms with E-state index in [0.29, 0.717) is 6.61 Å². The van der Waals surface area contributed by atoms with Crippen LogP contribution < -0.4 is 9.64 Å². The first-order valence-electron chi connectivity index (χ1n) is 10.3. The predicted octanol–water partition coefficient (Wildman–Crippen LogP) is 3.96. The van der Waals surface area contributed by atoms with Crippen LogP contribution in [0.15, 0.2) is 66.7 Å². The second-order valence-corrected chi connectivity index (χ2v) is 7.72. The van der Waals surface area contributed by atoms with Gasteiger partial charge >= 0.3 is 0 Å². The second-order valence-electron chi connectivity index (χ2n) is 7.72. The molecule has 152 valence electrons. The van der Waals surface area contributed by atoms with E-state index in [-0.39, 0.29) is 0 Å². The molecule has 5 rings (SSSR count). The normalized spacial score (nSPS) is 14.9. The molecule has 0 radical (unpaired) electrons. The van der Waals surface area contributed by atoms with Gasteiger partial charge in [-0.2, -0.15) is 0 Å². The van der Waals surface area contributed by atoms with E-state index in [4.69, 9.17) is 14.7 Å². The van der Waals surface area contributed by atoms with Crippen LogP contribution in [0.2, 0.25) is 0 Å². The number of rotatable bonds is 5. The van der Waals surface area contributed by atoms with Crippen LogP contribution in [0, 0.1) is 0 Å². The van der Waals surface area contributed by atoms with Gasteiger partial charge in [0.05, 0.1) is 5.52 Å². The molecule has 2 aromatic carbocycles. The number of aromatic amines is 1. The van der Waals surface area contributed by atoms with Gasteiger partial charge in [0.15, 0.2) is 5.65 Å². The van der Waals surface area contributed by atoms with Gasteiger partial charge in [-0.05, 0) is 49.0 Å². The smallest absolute Gasteiger partial charge is 0.180 e. The number of hydrogen-bond acceptors (Lipinski definition) is 5. The Hall–Kier alpha value is -3.38. The van der Waals surface area contributed by atoms with Gasteiger partial charge in [0.25, 0.3) is 0 Å². The quantitative estimate of drug-likeness (QED) is 0.551. The van der Waals surface area contributed by atoms with Gasteiger partial charge in [0.2, 0.25) is 0 Å². The van der Waals surface area contributed by atoms with Crippen molar-refractivity contribution in [2.24, 2.45) is 0 Å². The summed E-state index contributed by atoms with van der Waals surface area (Å²) in [5.74, 6) is 2.66. The third-order valence-electron chi connectivity index (χ3n) is 5.53. The Kier molecular flexibility index (Phi) is 5.07. The molecule has 0 aliphatic carbocycles. The minimum absolute atomic E-state index is 0.559. The molecule has 1 N–H and O–H groups in total. The number of ether oxygens (including phenoxy) is 1. The molecular weight excluding hydrogens is 374 g/mol. The van der Waals surface area contributed by atoms with Crippen LogP contribution in [-0.4, -0.2) is 53.1 Å². The van der Waals surface area contributed by atoms with E-state index in [1.54, 1.807) is 0 Å². The lowest BCUT2D eigenvalue weighted by molar-refractivity contribution is 0.306. The van der Waals surface area contributed by atoms with Gasteiger partial charge in [0.1, 0.15) is 24.0 Å². The summed E-state index contributed by atoms with van der Waals surface area (Å²) >= 11 is 0. The van der Waals surface area contributed by atoms with Crippen LogP contribution in [0.4, 0.5) is 5.82 Å². The lowest BCUT2D eigenvalue weighted by Gasteiger charge is -2.33. The van der Waals surface area contributed by atoms with Crippen LogP contribution in [0.1, 0.15) is 5.56 Å². The van der Waals surface area contributed by atoms with E-state index in [2.05, 4.69) is 46.1 Å². The number of piperazine rings is 1. The van der Waals surface area contributed by atoms with Crippen molar-refractivity contribution >= 4 is 17.0 Å². The van der Waals surface area contributed by atoms with Gasteiger partial charge in [-0.1, -0.05) is 30.3 Å². The third-order valence-corrected chi connectivity index (χ3v) is 5.53. The predicted molar refractivity (Wildman–Crippen MR) is 120 cm³/mol. The maximum atomic E-state index is 5.88. The first kappa shape index (κ1) is 18.6. The molecule has 1 fully saturated rings. The molecule has 1 aliphatic rings. The Morgan fingerprint density at radius 3 is 2.40 bits per heavy atom. The lowest BCUT2D eigenvalue weighted by atomic mass is 10.2. The summed E-state index contributed by atoms with van der Waals surface area (Å²) in [7, 11) is 2.16. The Morgan fingerprint density at radius 2 is 1.63 bits per heavy atom. The van der Waals surface area contributed by atoms with Gasteiger partial charge < -0.3 is 19.5 Å². The maximum Gasteiger partial charge on any atom is 0.180 e. The summed E-state index contributed by atoms with van der Waals surface area (Å²) in [6.07, 6.45) is 0. The van der Waals surface area contributed by atoms with Gasteiger partial charge in [-0.25, -0.2) is 9.97 Å². The third kappa shape index (κ3) is 4.00. The van der Waals surface area contributed by atoms with Crippen LogP contribution in [0.25, 0.3) is 22.6 Å². The van der Waals surface area contributed by atoms with Crippen molar-refractivity contribution < 1.29 is 4.74 Å². The highest BCUT2D eigenvalue weighted by Gasteiger charge is 2.16. The molecule has 1 aliphatic heterocycles. The van der Waals surface area contributed by atoms with E-state index in [1.165, 1.54) is 0 Å². The molecule has 0 bridgehead atoms. The van der Waals surface area contributed by atoms with Gasteiger partial charge in [-0.15, -0.1) is 0 Å². The van der Waals surface area contributed by atoms with Crippen molar-refractivity contribution in [1.82, 2.24) is 19.9 Å². The zero-order valence-electron chi connectivity index (χ0n) is 17.1. The molecule has 4 aromatic rings. The maximum absolute atomic E-state index is 5.88. The Morgan fingerprint density at radius 1 is 0.867 bits per heavy atom. The number of aromatic nitrogens is 3. The highest BCUT2D eigenvalue weighted by Crippen LogP contribution is 2.24. The van der Waals surface area contributed by atoms with Gasteiger partial charge in [0, 0.05) is 31.7 Å². The van der Waals surface area contributed by atoms with Crippen molar-refractivity contribution in [2.45, 2.75) is 6.61 Å². The molecule has 0 amide bonds. The minimum atomic E-state index is 0.559. The fourth-order valence-corrected chi connectivity index (χ4v) is 3.68. The molecule has 0 atom stereocenters. The number of H-pyrrole nitrogens is 1. The summed E-state index contributed by atoms with van der Waals surface area (Å²) in [6, 6.07) is 22.3. The largest absolute Gasteiger partial charge is 0.489 e. The highest BCUT2D eigenvalue weighted by molar-refractivity contribution is 5.77. The average Bonchev–Trinajstić information content (AvgIpc) is 3.23. The van der Waals surface area contributed by atoms with Crippen molar-refractivity contribution in [1.29, 1.82) is 0 Å². The molecule has 6 nitrogen and oxygen atoms in total. The summed E-state index contributed by atoms with van der Waals surface area (Å²) < 4.78 is 5.88. The topological polar surface area (TPSA) is 57.3 Å². The summed E-state index contributed by atoms with van der Waals surface area (Å²) in [6.45, 7) is 4.67. The zero-order chi connectivity index (χ0) is 20.3. The number of nitrogens with one attached hydrogen (secondary N) is 1. The van der Waals surface area contributed by atoms with Crippen molar-refractivity contribution in [2.75, 3.05) is 38.1 Å². The van der Waals surface area contributed by atoms with E-state index in [1.807, 2.05) is 42.5 Å². The molecule has 6 heteroatoms. The second kappa shape index (κ2) is 8.16. The fourth-order valence-electron chi connectivity index (χ4n) is 3.68. The molecule has 1 saturated heterocycles. The van der Waals surface area contributed by atoms with Crippen LogP contribution >= 0.6 is 0 Å². The number of benzene rings is 2. The first-order chi connectivity index (χ1) is 14.7. The van der Waals surface area contributed by atoms with Crippen LogP contribution in [0.5, 0.6) is 5.75 Å². The average molecular weight is 399 g/mol. The monoisotopic (exact) mass is 399 g/mol. The van der Waals surface area contributed by atoms with Crippen molar-refractivity contribution in [3.05, 3.63) is 72.3 Å². The van der Waals surface area contributed by atoms with Crippen molar-refractivity contribution in [3.8, 4) is 17.1 Å². The van der Waals surface area contributed by atoms with E-state index in [9.17, 15) is 0 Å². The molecule has 30 heavy (non-hydrogen) atoms. The van der Waals surface area contributed by atoms with E-state index < -0.39 is 0 Å². The molecule has 0 unspecified atom stereocenters. The standard InChI is InChI=1S/C24H25N5O/c1-28-13-15-29(16-14-28)22-12-11-21-24(26-22)27-23(25-21)19-7-9-20(10-8-19)30-17-18-5-3-2-4-6-18/h2-12H,13-17H2,1H3,(H,25,26,27). The number of nitrogens with zero attached hydrogens (tertiary/aromatic N) is 4. The number of imidazole rings is 1. The van der Waals surface area contributed by atoms with Crippen LogP contribution in [-0.2, 0) is 6.61 Å². The van der Waals surface area contributed by atoms with E-state index >= 15 is 0 Å². The number of anilines is 1. The SMILES string of the molecule is CN1CCN(c2ccc3[nH]c(-c4ccc(OCc5ccccc5)cc4)nc3n2)CC1. The molecule has 2 aromatic heterocycles. The summed E-state index contributed by atoms with van der Waals surface area (Å²) in [5.41, 5.74) is 3.88. The fraction of sp³-hybridized carbons (Fsp3) is 0.250. The molecule has 3 heterocycles. The lowest BCUT2D eigenvalue weighted by Crippen LogP contribution is -2.44.